The molecule has 180 valence electrons. The van der Waals surface area contributed by atoms with Crippen LogP contribution in [-0.4, -0.2) is 84.0 Å². The van der Waals surface area contributed by atoms with Gasteiger partial charge in [-0.25, -0.2) is 0 Å². The first-order valence-corrected chi connectivity index (χ1v) is 10.8. The summed E-state index contributed by atoms with van der Waals surface area (Å²) < 4.78 is 0. The Bertz CT molecular complexity index is 1190. The Morgan fingerprint density at radius 1 is 1.12 bits per heavy atom. The van der Waals surface area contributed by atoms with Gasteiger partial charge in [0, 0.05) is 31.6 Å². The lowest BCUT2D eigenvalue weighted by molar-refractivity contribution is -0.176. The molecule has 1 aromatic rings. The molecule has 2 unspecified atom stereocenters. The maximum Gasteiger partial charge on any atom is 0.235 e. The summed E-state index contributed by atoms with van der Waals surface area (Å²) in [5, 5.41) is 22.1. The van der Waals surface area contributed by atoms with Gasteiger partial charge < -0.3 is 20.8 Å². The first-order chi connectivity index (χ1) is 15.8. The van der Waals surface area contributed by atoms with Gasteiger partial charge in [0.25, 0.3) is 0 Å². The van der Waals surface area contributed by atoms with E-state index in [1.807, 2.05) is 0 Å². The summed E-state index contributed by atoms with van der Waals surface area (Å²) in [7, 11) is 6.58. The summed E-state index contributed by atoms with van der Waals surface area (Å²) in [6.45, 7) is 4.05. The van der Waals surface area contributed by atoms with Gasteiger partial charge in [-0.1, -0.05) is 12.2 Å². The second-order valence-electron chi connectivity index (χ2n) is 9.70. The molecular weight excluding hydrogens is 442 g/mol. The second kappa shape index (κ2) is 7.57. The fourth-order valence-electron chi connectivity index (χ4n) is 5.95. The molecule has 10 nitrogen and oxygen atoms in total. The van der Waals surface area contributed by atoms with Crippen LogP contribution in [0.2, 0.25) is 0 Å². The minimum atomic E-state index is -2.83. The van der Waals surface area contributed by atoms with Gasteiger partial charge in [0.15, 0.2) is 34.7 Å². The van der Waals surface area contributed by atoms with Gasteiger partial charge in [-0.3, -0.25) is 28.9 Å². The van der Waals surface area contributed by atoms with Crippen LogP contribution in [0.3, 0.4) is 0 Å². The summed E-state index contributed by atoms with van der Waals surface area (Å²) in [5.74, 6) is -11.3. The third kappa shape index (κ3) is 2.85. The number of carbonyl (C=O) groups excluding carboxylic acids is 5. The van der Waals surface area contributed by atoms with Crippen molar-refractivity contribution in [2.24, 2.45) is 29.4 Å². The summed E-state index contributed by atoms with van der Waals surface area (Å²) in [5.41, 5.74) is 3.80. The molecule has 34 heavy (non-hydrogen) atoms. The molecule has 1 aromatic carbocycles. The number of phenols is 1. The fraction of sp³-hybridized carbons (Fsp3) is 0.458. The number of aromatic hydroxyl groups is 1. The van der Waals surface area contributed by atoms with Crippen molar-refractivity contribution >= 4 is 34.7 Å². The van der Waals surface area contributed by atoms with Crippen LogP contribution in [0.5, 0.6) is 5.75 Å². The van der Waals surface area contributed by atoms with E-state index in [9.17, 15) is 34.2 Å². The molecule has 0 bridgehead atoms. The molecule has 0 saturated heterocycles. The highest BCUT2D eigenvalue weighted by Gasteiger charge is 2.70. The van der Waals surface area contributed by atoms with Crippen LogP contribution in [0.25, 0.3) is 0 Å². The van der Waals surface area contributed by atoms with Crippen molar-refractivity contribution in [3.63, 3.8) is 0 Å². The summed E-state index contributed by atoms with van der Waals surface area (Å²) in [6, 6.07) is 1.77. The number of Topliss-reactive ketones (excluding diaryl/α,β-unsaturated/α-hetero) is 4. The predicted octanol–water partition coefficient (Wildman–Crippen LogP) is -0.901. The molecule has 1 amide bonds. The highest BCUT2D eigenvalue weighted by Crippen LogP contribution is 2.53. The maximum atomic E-state index is 13.8. The SMILES string of the molecule is C=C1[C@@H]2Cc3c(N(C)C)ccc(O)c3C(=O)C2C(=O)[C@]2(O)C(=O)C(C(N)=O)C(=O)[C@@H](N(C)C)[C@H]12. The van der Waals surface area contributed by atoms with Crippen molar-refractivity contribution in [3.05, 3.63) is 35.4 Å². The monoisotopic (exact) mass is 469 g/mol. The molecule has 0 aromatic heterocycles. The Morgan fingerprint density at radius 3 is 2.26 bits per heavy atom. The zero-order valence-electron chi connectivity index (χ0n) is 19.4. The van der Waals surface area contributed by atoms with Crippen LogP contribution < -0.4 is 10.6 Å². The Morgan fingerprint density at radius 2 is 1.74 bits per heavy atom. The molecule has 4 N–H and O–H groups in total. The normalized spacial score (nSPS) is 32.9. The van der Waals surface area contributed by atoms with Crippen LogP contribution in [0.15, 0.2) is 24.3 Å². The third-order valence-electron chi connectivity index (χ3n) is 7.46. The van der Waals surface area contributed by atoms with Crippen molar-refractivity contribution in [2.75, 3.05) is 33.1 Å². The van der Waals surface area contributed by atoms with Crippen LogP contribution in [0.4, 0.5) is 5.69 Å². The van der Waals surface area contributed by atoms with E-state index in [1.165, 1.54) is 25.1 Å². The average Bonchev–Trinajstić information content (AvgIpc) is 2.73. The lowest BCUT2D eigenvalue weighted by Crippen LogP contribution is -2.74. The van der Waals surface area contributed by atoms with E-state index in [2.05, 4.69) is 6.58 Å². The average molecular weight is 469 g/mol. The highest BCUT2D eigenvalue weighted by atomic mass is 16.3. The summed E-state index contributed by atoms with van der Waals surface area (Å²) in [6.07, 6.45) is 0.132. The molecule has 0 aliphatic heterocycles. The fourth-order valence-corrected chi connectivity index (χ4v) is 5.95. The molecule has 0 radical (unpaired) electrons. The molecule has 3 aliphatic carbocycles. The standard InChI is InChI=1S/C24H27N3O7/c1-9-10-8-11-12(26(2)3)6-7-13(28)14(11)19(29)15(10)21(31)24(34)17(9)18(27(4)5)20(30)16(22(24)32)23(25)33/h6-7,10,15-18,28,34H,1,8H2,2-5H3,(H2,25,33)/t10-,15?,16?,17-,18-,24-/m0/s1. The molecule has 4 rings (SSSR count). The van der Waals surface area contributed by atoms with Crippen LogP contribution >= 0.6 is 0 Å². The number of amides is 1. The molecule has 2 fully saturated rings. The highest BCUT2D eigenvalue weighted by molar-refractivity contribution is 6.33. The summed E-state index contributed by atoms with van der Waals surface area (Å²) >= 11 is 0. The number of benzene rings is 1. The lowest BCUT2D eigenvalue weighted by Gasteiger charge is -2.53. The van der Waals surface area contributed by atoms with Gasteiger partial charge >= 0.3 is 0 Å². The third-order valence-corrected chi connectivity index (χ3v) is 7.46. The zero-order chi connectivity index (χ0) is 25.4. The van der Waals surface area contributed by atoms with E-state index >= 15 is 0 Å². The van der Waals surface area contributed by atoms with Gasteiger partial charge in [-0.15, -0.1) is 0 Å². The number of hydrogen-bond acceptors (Lipinski definition) is 9. The minimum absolute atomic E-state index is 0.0504. The number of likely N-dealkylation sites (N-methyl/N-ethyl adjacent to an activating group) is 1. The van der Waals surface area contributed by atoms with Gasteiger partial charge in [0.05, 0.1) is 17.5 Å². The first-order valence-electron chi connectivity index (χ1n) is 10.8. The van der Waals surface area contributed by atoms with Crippen molar-refractivity contribution in [1.82, 2.24) is 4.90 Å². The number of rotatable bonds is 3. The van der Waals surface area contributed by atoms with Crippen LogP contribution in [0, 0.1) is 23.7 Å². The van der Waals surface area contributed by atoms with E-state index < -0.39 is 64.4 Å². The number of hydrogen-bond donors (Lipinski definition) is 3. The van der Waals surface area contributed by atoms with Crippen molar-refractivity contribution < 1.29 is 34.2 Å². The molecular formula is C24H27N3O7. The van der Waals surface area contributed by atoms with E-state index in [0.29, 0.717) is 11.3 Å². The topological polar surface area (TPSA) is 158 Å². The number of primary amides is 1. The summed E-state index contributed by atoms with van der Waals surface area (Å²) in [4.78, 5) is 69.0. The van der Waals surface area contributed by atoms with E-state index in [1.54, 1.807) is 25.1 Å². The molecule has 0 spiro atoms. The Labute approximate surface area is 196 Å². The van der Waals surface area contributed by atoms with E-state index in [-0.39, 0.29) is 23.3 Å². The Kier molecular flexibility index (Phi) is 5.30. The molecule has 10 heteroatoms. The number of nitrogens with two attached hydrogens (primary N) is 1. The van der Waals surface area contributed by atoms with E-state index in [4.69, 9.17) is 5.73 Å². The number of carbonyl (C=O) groups is 5. The maximum absolute atomic E-state index is 13.8. The van der Waals surface area contributed by atoms with Crippen LogP contribution in [-0.2, 0) is 25.6 Å². The number of phenolic OH excluding ortho intramolecular Hbond substituents is 1. The largest absolute Gasteiger partial charge is 0.507 e. The molecule has 3 aliphatic rings. The Hall–Kier alpha value is -3.37. The Balaban J connectivity index is 1.95. The molecule has 6 atom stereocenters. The zero-order valence-corrected chi connectivity index (χ0v) is 19.4. The predicted molar refractivity (Wildman–Crippen MR) is 120 cm³/mol. The smallest absolute Gasteiger partial charge is 0.235 e. The number of ketones is 4. The minimum Gasteiger partial charge on any atom is -0.507 e. The first kappa shape index (κ1) is 23.8. The van der Waals surface area contributed by atoms with Crippen molar-refractivity contribution in [1.29, 1.82) is 0 Å². The lowest BCUT2D eigenvalue weighted by atomic mass is 9.50. The van der Waals surface area contributed by atoms with E-state index in [0.717, 1.165) is 0 Å². The number of aliphatic hydroxyl groups is 1. The van der Waals surface area contributed by atoms with Gasteiger partial charge in [-0.05, 0) is 38.2 Å². The van der Waals surface area contributed by atoms with Gasteiger partial charge in [0.1, 0.15) is 5.75 Å². The van der Waals surface area contributed by atoms with Gasteiger partial charge in [-0.2, -0.15) is 0 Å². The van der Waals surface area contributed by atoms with Crippen molar-refractivity contribution in [3.8, 4) is 5.75 Å². The van der Waals surface area contributed by atoms with Crippen molar-refractivity contribution in [2.45, 2.75) is 18.1 Å². The van der Waals surface area contributed by atoms with Crippen LogP contribution in [0.1, 0.15) is 15.9 Å². The molecule has 2 saturated carbocycles. The van der Waals surface area contributed by atoms with Gasteiger partial charge in [0.2, 0.25) is 5.91 Å². The number of fused-ring (bicyclic) bond motifs is 3. The molecule has 0 heterocycles. The quantitative estimate of drug-likeness (QED) is 0.377. The number of anilines is 1. The second-order valence-corrected chi connectivity index (χ2v) is 9.70. The number of nitrogens with zero attached hydrogens (tertiary/aromatic N) is 2.